The van der Waals surface area contributed by atoms with E-state index in [0.29, 0.717) is 11.3 Å². The number of thioether (sulfide) groups is 1. The van der Waals surface area contributed by atoms with E-state index in [2.05, 4.69) is 47.0 Å². The van der Waals surface area contributed by atoms with Crippen molar-refractivity contribution >= 4 is 23.4 Å². The van der Waals surface area contributed by atoms with Crippen LogP contribution in [0.2, 0.25) is 0 Å². The van der Waals surface area contributed by atoms with Crippen LogP contribution >= 0.6 is 11.8 Å². The lowest BCUT2D eigenvalue weighted by atomic mass is 10.2. The number of nitrogens with zero attached hydrogens (tertiary/aromatic N) is 3. The van der Waals surface area contributed by atoms with Gasteiger partial charge < -0.3 is 10.2 Å². The van der Waals surface area contributed by atoms with Gasteiger partial charge in [0.15, 0.2) is 0 Å². The molecule has 0 amide bonds. The lowest BCUT2D eigenvalue weighted by Gasteiger charge is -2.38. The Morgan fingerprint density at radius 1 is 1.42 bits per heavy atom. The predicted octanol–water partition coefficient (Wildman–Crippen LogP) is 2.94. The molecule has 0 aromatic carbocycles. The summed E-state index contributed by atoms with van der Waals surface area (Å²) in [5.74, 6) is 4.02. The van der Waals surface area contributed by atoms with E-state index in [9.17, 15) is 0 Å². The number of aromatic nitrogens is 2. The highest BCUT2D eigenvalue weighted by atomic mass is 32.2. The fourth-order valence-electron chi connectivity index (χ4n) is 2.30. The summed E-state index contributed by atoms with van der Waals surface area (Å²) in [4.78, 5) is 11.5. The standard InChI is InChI=1S/C14H24N4S/c1-5-6-15-13-9-14(17-12(4)16-13)18-7-8-19-11(3)10(18)2/h9-11H,5-8H2,1-4H3,(H,15,16,17). The van der Waals surface area contributed by atoms with Gasteiger partial charge in [0.1, 0.15) is 17.5 Å². The Morgan fingerprint density at radius 2 is 2.21 bits per heavy atom. The first kappa shape index (κ1) is 14.4. The van der Waals surface area contributed by atoms with Crippen molar-refractivity contribution in [3.8, 4) is 0 Å². The Labute approximate surface area is 120 Å². The minimum absolute atomic E-state index is 0.520. The smallest absolute Gasteiger partial charge is 0.134 e. The normalized spacial score (nSPS) is 23.5. The molecule has 1 aliphatic heterocycles. The molecule has 4 nitrogen and oxygen atoms in total. The van der Waals surface area contributed by atoms with E-state index in [4.69, 9.17) is 0 Å². The molecule has 1 N–H and O–H groups in total. The summed E-state index contributed by atoms with van der Waals surface area (Å²) in [6, 6.07) is 2.61. The van der Waals surface area contributed by atoms with Gasteiger partial charge in [0.25, 0.3) is 0 Å². The summed E-state index contributed by atoms with van der Waals surface area (Å²) in [6.07, 6.45) is 1.10. The van der Waals surface area contributed by atoms with Crippen LogP contribution < -0.4 is 10.2 Å². The fourth-order valence-corrected chi connectivity index (χ4v) is 3.40. The van der Waals surface area contributed by atoms with Crippen molar-refractivity contribution in [1.29, 1.82) is 0 Å². The SMILES string of the molecule is CCCNc1cc(N2CCSC(C)C2C)nc(C)n1. The molecule has 5 heteroatoms. The summed E-state index contributed by atoms with van der Waals surface area (Å²) in [7, 11) is 0. The zero-order valence-electron chi connectivity index (χ0n) is 12.3. The van der Waals surface area contributed by atoms with Gasteiger partial charge in [0.05, 0.1) is 0 Å². The maximum atomic E-state index is 4.62. The Balaban J connectivity index is 2.20. The second kappa shape index (κ2) is 6.46. The highest BCUT2D eigenvalue weighted by Gasteiger charge is 2.26. The van der Waals surface area contributed by atoms with Gasteiger partial charge in [0.2, 0.25) is 0 Å². The maximum absolute atomic E-state index is 4.62. The van der Waals surface area contributed by atoms with Crippen LogP contribution in [0, 0.1) is 6.92 Å². The maximum Gasteiger partial charge on any atom is 0.134 e. The number of anilines is 2. The second-order valence-corrected chi connectivity index (χ2v) is 6.58. The fraction of sp³-hybridized carbons (Fsp3) is 0.714. The largest absolute Gasteiger partial charge is 0.370 e. The van der Waals surface area contributed by atoms with Gasteiger partial charge in [0, 0.05) is 36.2 Å². The van der Waals surface area contributed by atoms with Crippen LogP contribution in [-0.4, -0.2) is 40.1 Å². The Kier molecular flexibility index (Phi) is 4.91. The molecule has 2 heterocycles. The van der Waals surface area contributed by atoms with E-state index >= 15 is 0 Å². The molecular weight excluding hydrogens is 256 g/mol. The van der Waals surface area contributed by atoms with Gasteiger partial charge in [-0.1, -0.05) is 13.8 Å². The highest BCUT2D eigenvalue weighted by molar-refractivity contribution is 8.00. The first-order chi connectivity index (χ1) is 9.11. The van der Waals surface area contributed by atoms with Crippen molar-refractivity contribution in [2.75, 3.05) is 29.1 Å². The van der Waals surface area contributed by atoms with E-state index in [0.717, 1.165) is 37.0 Å². The Hall–Kier alpha value is -0.970. The third kappa shape index (κ3) is 3.53. The Morgan fingerprint density at radius 3 is 2.95 bits per heavy atom. The van der Waals surface area contributed by atoms with Crippen molar-refractivity contribution in [3.63, 3.8) is 0 Å². The van der Waals surface area contributed by atoms with Crippen molar-refractivity contribution in [3.05, 3.63) is 11.9 Å². The molecule has 2 atom stereocenters. The molecule has 2 unspecified atom stereocenters. The van der Waals surface area contributed by atoms with Crippen molar-refractivity contribution in [1.82, 2.24) is 9.97 Å². The number of nitrogens with one attached hydrogen (secondary N) is 1. The number of aryl methyl sites for hydroxylation is 1. The van der Waals surface area contributed by atoms with Crippen LogP contribution in [0.4, 0.5) is 11.6 Å². The summed E-state index contributed by atoms with van der Waals surface area (Å²) in [5.41, 5.74) is 0. The molecule has 0 saturated carbocycles. The van der Waals surface area contributed by atoms with Gasteiger partial charge in [-0.2, -0.15) is 11.8 Å². The molecule has 0 aliphatic carbocycles. The number of rotatable bonds is 4. The van der Waals surface area contributed by atoms with Crippen LogP contribution in [0.25, 0.3) is 0 Å². The van der Waals surface area contributed by atoms with E-state index in [1.807, 2.05) is 18.7 Å². The zero-order valence-corrected chi connectivity index (χ0v) is 13.1. The predicted molar refractivity (Wildman–Crippen MR) is 84.3 cm³/mol. The average Bonchev–Trinajstić information content (AvgIpc) is 2.39. The lowest BCUT2D eigenvalue weighted by Crippen LogP contribution is -2.45. The van der Waals surface area contributed by atoms with Gasteiger partial charge in [-0.15, -0.1) is 0 Å². The second-order valence-electron chi connectivity index (χ2n) is 5.10. The molecule has 1 saturated heterocycles. The molecule has 106 valence electrons. The van der Waals surface area contributed by atoms with E-state index in [1.165, 1.54) is 5.75 Å². The van der Waals surface area contributed by atoms with E-state index in [-0.39, 0.29) is 0 Å². The van der Waals surface area contributed by atoms with Crippen LogP contribution in [0.15, 0.2) is 6.07 Å². The zero-order chi connectivity index (χ0) is 13.8. The minimum atomic E-state index is 0.520. The Bertz CT molecular complexity index is 424. The first-order valence-corrected chi connectivity index (χ1v) is 8.14. The lowest BCUT2D eigenvalue weighted by molar-refractivity contribution is 0.619. The van der Waals surface area contributed by atoms with Crippen LogP contribution in [-0.2, 0) is 0 Å². The third-order valence-electron chi connectivity index (χ3n) is 3.56. The van der Waals surface area contributed by atoms with Crippen LogP contribution in [0.3, 0.4) is 0 Å². The van der Waals surface area contributed by atoms with Crippen molar-refractivity contribution in [2.45, 2.75) is 45.4 Å². The highest BCUT2D eigenvalue weighted by Crippen LogP contribution is 2.28. The van der Waals surface area contributed by atoms with Gasteiger partial charge in [-0.05, 0) is 20.3 Å². The summed E-state index contributed by atoms with van der Waals surface area (Å²) in [5, 5.41) is 4.01. The molecule has 1 aliphatic rings. The van der Waals surface area contributed by atoms with Crippen LogP contribution in [0.5, 0.6) is 0 Å². The molecule has 0 bridgehead atoms. The molecule has 0 spiro atoms. The molecule has 19 heavy (non-hydrogen) atoms. The van der Waals surface area contributed by atoms with Gasteiger partial charge in [-0.3, -0.25) is 0 Å². The third-order valence-corrected chi connectivity index (χ3v) is 4.90. The molecular formula is C14H24N4S. The average molecular weight is 280 g/mol. The molecule has 1 aromatic rings. The summed E-state index contributed by atoms with van der Waals surface area (Å²) >= 11 is 2.05. The van der Waals surface area contributed by atoms with Gasteiger partial charge >= 0.3 is 0 Å². The van der Waals surface area contributed by atoms with Crippen LogP contribution in [0.1, 0.15) is 33.0 Å². The molecule has 1 fully saturated rings. The van der Waals surface area contributed by atoms with E-state index < -0.39 is 0 Å². The number of hydrogen-bond acceptors (Lipinski definition) is 5. The van der Waals surface area contributed by atoms with Gasteiger partial charge in [-0.25, -0.2) is 9.97 Å². The quantitative estimate of drug-likeness (QED) is 0.918. The monoisotopic (exact) mass is 280 g/mol. The topological polar surface area (TPSA) is 41.0 Å². The van der Waals surface area contributed by atoms with Crippen molar-refractivity contribution < 1.29 is 0 Å². The number of hydrogen-bond donors (Lipinski definition) is 1. The molecule has 1 aromatic heterocycles. The molecule has 0 radical (unpaired) electrons. The summed E-state index contributed by atoms with van der Waals surface area (Å²) in [6.45, 7) is 10.7. The molecule has 2 rings (SSSR count). The first-order valence-electron chi connectivity index (χ1n) is 7.09. The van der Waals surface area contributed by atoms with Crippen molar-refractivity contribution in [2.24, 2.45) is 0 Å². The minimum Gasteiger partial charge on any atom is -0.370 e. The summed E-state index contributed by atoms with van der Waals surface area (Å²) < 4.78 is 0. The van der Waals surface area contributed by atoms with E-state index in [1.54, 1.807) is 0 Å².